The van der Waals surface area contributed by atoms with Crippen LogP contribution < -0.4 is 9.46 Å². The van der Waals surface area contributed by atoms with Crippen LogP contribution in [-0.4, -0.2) is 21.6 Å². The number of hydrogen-bond acceptors (Lipinski definition) is 3. The summed E-state index contributed by atoms with van der Waals surface area (Å²) >= 11 is 0. The Hall–Kier alpha value is -2.37. The Kier molecular flexibility index (Phi) is 5.36. The van der Waals surface area contributed by atoms with Crippen molar-refractivity contribution >= 4 is 20.8 Å². The summed E-state index contributed by atoms with van der Waals surface area (Å²) in [5, 5.41) is 1.93. The second-order valence-electron chi connectivity index (χ2n) is 5.70. The first-order valence-corrected chi connectivity index (χ1v) is 9.77. The third-order valence-corrected chi connectivity index (χ3v) is 5.45. The smallest absolute Gasteiger partial charge is 0.240 e. The quantitative estimate of drug-likeness (QED) is 0.702. The van der Waals surface area contributed by atoms with Gasteiger partial charge in [0.25, 0.3) is 0 Å². The van der Waals surface area contributed by atoms with Gasteiger partial charge in [-0.3, -0.25) is 0 Å². The number of sulfonamides is 1. The van der Waals surface area contributed by atoms with Crippen LogP contribution in [-0.2, 0) is 16.4 Å². The van der Waals surface area contributed by atoms with E-state index in [4.69, 9.17) is 4.74 Å². The summed E-state index contributed by atoms with van der Waals surface area (Å²) in [6.07, 6.45) is 0.572. The molecular formula is C20H21NO3S. The molecule has 0 unspecified atom stereocenters. The van der Waals surface area contributed by atoms with E-state index in [1.165, 1.54) is 0 Å². The van der Waals surface area contributed by atoms with Gasteiger partial charge >= 0.3 is 0 Å². The van der Waals surface area contributed by atoms with Gasteiger partial charge in [0.15, 0.2) is 0 Å². The fourth-order valence-corrected chi connectivity index (χ4v) is 3.81. The predicted octanol–water partition coefficient (Wildman–Crippen LogP) is 3.76. The maximum Gasteiger partial charge on any atom is 0.240 e. The molecule has 3 aromatic rings. The summed E-state index contributed by atoms with van der Waals surface area (Å²) in [5.74, 6) is 0.801. The van der Waals surface area contributed by atoms with Crippen LogP contribution >= 0.6 is 0 Å². The van der Waals surface area contributed by atoms with E-state index in [9.17, 15) is 8.42 Å². The molecule has 4 nitrogen and oxygen atoms in total. The summed E-state index contributed by atoms with van der Waals surface area (Å²) in [6.45, 7) is 2.83. The van der Waals surface area contributed by atoms with E-state index in [1.54, 1.807) is 12.1 Å². The van der Waals surface area contributed by atoms with Crippen molar-refractivity contribution in [2.24, 2.45) is 0 Å². The number of fused-ring (bicyclic) bond motifs is 1. The predicted molar refractivity (Wildman–Crippen MR) is 100 cm³/mol. The molecule has 130 valence electrons. The molecule has 0 saturated carbocycles. The van der Waals surface area contributed by atoms with Gasteiger partial charge in [0.1, 0.15) is 5.75 Å². The summed E-state index contributed by atoms with van der Waals surface area (Å²) in [6, 6.07) is 20.6. The van der Waals surface area contributed by atoms with Gasteiger partial charge in [-0.2, -0.15) is 0 Å². The zero-order chi connectivity index (χ0) is 17.7. The molecule has 0 aliphatic heterocycles. The fourth-order valence-electron chi connectivity index (χ4n) is 2.74. The van der Waals surface area contributed by atoms with Gasteiger partial charge in [0.2, 0.25) is 10.0 Å². The molecule has 5 heteroatoms. The van der Waals surface area contributed by atoms with Crippen molar-refractivity contribution in [2.45, 2.75) is 18.2 Å². The van der Waals surface area contributed by atoms with E-state index >= 15 is 0 Å². The van der Waals surface area contributed by atoms with Gasteiger partial charge < -0.3 is 4.74 Å². The second kappa shape index (κ2) is 7.68. The number of rotatable bonds is 7. The molecule has 3 aromatic carbocycles. The Morgan fingerprint density at radius 1 is 0.920 bits per heavy atom. The molecule has 0 fully saturated rings. The molecule has 0 heterocycles. The van der Waals surface area contributed by atoms with Crippen LogP contribution in [0.2, 0.25) is 0 Å². The minimum absolute atomic E-state index is 0.282. The normalized spacial score (nSPS) is 11.6. The second-order valence-corrected chi connectivity index (χ2v) is 7.46. The number of hydrogen-bond donors (Lipinski definition) is 1. The lowest BCUT2D eigenvalue weighted by molar-refractivity contribution is 0.336. The Bertz CT molecular complexity index is 967. The van der Waals surface area contributed by atoms with Crippen LogP contribution in [0.1, 0.15) is 12.5 Å². The van der Waals surface area contributed by atoms with Crippen LogP contribution in [0.15, 0.2) is 71.6 Å². The Morgan fingerprint density at radius 2 is 1.64 bits per heavy atom. The largest absolute Gasteiger partial charge is 0.494 e. The van der Waals surface area contributed by atoms with Crippen molar-refractivity contribution in [1.29, 1.82) is 0 Å². The highest BCUT2D eigenvalue weighted by atomic mass is 32.2. The van der Waals surface area contributed by atoms with Gasteiger partial charge in [0, 0.05) is 6.54 Å². The molecule has 1 N–H and O–H groups in total. The van der Waals surface area contributed by atoms with Crippen LogP contribution in [0.5, 0.6) is 5.75 Å². The minimum atomic E-state index is -3.54. The van der Waals surface area contributed by atoms with Crippen molar-refractivity contribution in [3.63, 3.8) is 0 Å². The SMILES string of the molecule is CCOc1ccccc1CCNS(=O)(=O)c1ccc2ccccc2c1. The average molecular weight is 355 g/mol. The molecule has 3 rings (SSSR count). The lowest BCUT2D eigenvalue weighted by Gasteiger charge is -2.11. The standard InChI is InChI=1S/C20H21NO3S/c1-2-24-20-10-6-5-8-17(20)13-14-21-25(22,23)19-12-11-16-7-3-4-9-18(16)15-19/h3-12,15,21H,2,13-14H2,1H3. The Morgan fingerprint density at radius 3 is 2.44 bits per heavy atom. The van der Waals surface area contributed by atoms with Gasteiger partial charge in [0.05, 0.1) is 11.5 Å². The molecule has 0 atom stereocenters. The topological polar surface area (TPSA) is 55.4 Å². The highest BCUT2D eigenvalue weighted by molar-refractivity contribution is 7.89. The number of para-hydroxylation sites is 1. The average Bonchev–Trinajstić information content (AvgIpc) is 2.63. The lowest BCUT2D eigenvalue weighted by atomic mass is 10.1. The number of nitrogens with one attached hydrogen (secondary N) is 1. The Labute approximate surface area is 148 Å². The number of ether oxygens (including phenoxy) is 1. The molecule has 25 heavy (non-hydrogen) atoms. The first-order valence-electron chi connectivity index (χ1n) is 8.29. The maximum absolute atomic E-state index is 12.5. The van der Waals surface area contributed by atoms with Crippen molar-refractivity contribution in [3.8, 4) is 5.75 Å². The van der Waals surface area contributed by atoms with Gasteiger partial charge in [-0.15, -0.1) is 0 Å². The fraction of sp³-hybridized carbons (Fsp3) is 0.200. The molecule has 0 aliphatic carbocycles. The van der Waals surface area contributed by atoms with Crippen LogP contribution in [0, 0.1) is 0 Å². The van der Waals surface area contributed by atoms with E-state index in [2.05, 4.69) is 4.72 Å². The highest BCUT2D eigenvalue weighted by Gasteiger charge is 2.14. The van der Waals surface area contributed by atoms with Gasteiger partial charge in [-0.1, -0.05) is 48.5 Å². The molecule has 0 radical (unpaired) electrons. The van der Waals surface area contributed by atoms with E-state index < -0.39 is 10.0 Å². The van der Waals surface area contributed by atoms with E-state index in [0.717, 1.165) is 22.1 Å². The summed E-state index contributed by atoms with van der Waals surface area (Å²) in [4.78, 5) is 0.282. The van der Waals surface area contributed by atoms with E-state index in [-0.39, 0.29) is 4.90 Å². The minimum Gasteiger partial charge on any atom is -0.494 e. The molecule has 0 amide bonds. The molecular weight excluding hydrogens is 334 g/mol. The zero-order valence-electron chi connectivity index (χ0n) is 14.1. The van der Waals surface area contributed by atoms with Crippen molar-refractivity contribution in [3.05, 3.63) is 72.3 Å². The highest BCUT2D eigenvalue weighted by Crippen LogP contribution is 2.20. The van der Waals surface area contributed by atoms with Gasteiger partial charge in [-0.05, 0) is 47.9 Å². The molecule has 0 bridgehead atoms. The van der Waals surface area contributed by atoms with Crippen molar-refractivity contribution in [1.82, 2.24) is 4.72 Å². The number of benzene rings is 3. The molecule has 0 spiro atoms. The van der Waals surface area contributed by atoms with E-state index in [1.807, 2.05) is 61.5 Å². The van der Waals surface area contributed by atoms with Crippen LogP contribution in [0.3, 0.4) is 0 Å². The monoisotopic (exact) mass is 355 g/mol. The summed E-state index contributed by atoms with van der Waals surface area (Å²) < 4.78 is 33.3. The lowest BCUT2D eigenvalue weighted by Crippen LogP contribution is -2.26. The molecule has 0 aliphatic rings. The van der Waals surface area contributed by atoms with Crippen LogP contribution in [0.25, 0.3) is 10.8 Å². The summed E-state index contributed by atoms with van der Waals surface area (Å²) in [7, 11) is -3.54. The molecule has 0 saturated heterocycles. The third-order valence-electron chi connectivity index (χ3n) is 3.99. The first kappa shape index (κ1) is 17.5. The van der Waals surface area contributed by atoms with Crippen LogP contribution in [0.4, 0.5) is 0 Å². The summed E-state index contributed by atoms with van der Waals surface area (Å²) in [5.41, 5.74) is 0.991. The third kappa shape index (κ3) is 4.18. The van der Waals surface area contributed by atoms with Gasteiger partial charge in [-0.25, -0.2) is 13.1 Å². The maximum atomic E-state index is 12.5. The van der Waals surface area contributed by atoms with E-state index in [0.29, 0.717) is 19.6 Å². The van der Waals surface area contributed by atoms with Crippen molar-refractivity contribution < 1.29 is 13.2 Å². The zero-order valence-corrected chi connectivity index (χ0v) is 14.9. The Balaban J connectivity index is 1.71. The first-order chi connectivity index (χ1) is 12.1. The molecule has 0 aromatic heterocycles. The van der Waals surface area contributed by atoms with Crippen molar-refractivity contribution in [2.75, 3.05) is 13.2 Å².